The fourth-order valence-corrected chi connectivity index (χ4v) is 2.86. The minimum atomic E-state index is 0.0953. The van der Waals surface area contributed by atoms with Gasteiger partial charge < -0.3 is 10.5 Å². The van der Waals surface area contributed by atoms with Crippen molar-refractivity contribution in [3.05, 3.63) is 41.5 Å². The monoisotopic (exact) mass is 229 g/mol. The average Bonchev–Trinajstić information content (AvgIpc) is 2.77. The van der Waals surface area contributed by atoms with Gasteiger partial charge in [0, 0.05) is 6.04 Å². The van der Waals surface area contributed by atoms with E-state index in [0.717, 1.165) is 31.0 Å². The van der Waals surface area contributed by atoms with Crippen LogP contribution in [-0.4, -0.2) is 13.2 Å². The lowest BCUT2D eigenvalue weighted by atomic mass is 10.0. The number of hydrogen-bond donors (Lipinski definition) is 1. The quantitative estimate of drug-likeness (QED) is 0.864. The second kappa shape index (κ2) is 4.28. The van der Waals surface area contributed by atoms with Gasteiger partial charge in [-0.2, -0.15) is 0 Å². The first kappa shape index (κ1) is 11.0. The maximum absolute atomic E-state index is 5.97. The van der Waals surface area contributed by atoms with E-state index in [2.05, 4.69) is 36.4 Å². The summed E-state index contributed by atoms with van der Waals surface area (Å²) in [6.45, 7) is 3.94. The number of benzene rings is 1. The molecule has 1 heterocycles. The molecule has 3 rings (SSSR count). The summed E-state index contributed by atoms with van der Waals surface area (Å²) in [5.41, 5.74) is 8.46. The molecule has 2 fully saturated rings. The maximum atomic E-state index is 5.97. The minimum absolute atomic E-state index is 0.0953. The van der Waals surface area contributed by atoms with Crippen LogP contribution < -0.4 is 5.73 Å². The van der Waals surface area contributed by atoms with Crippen LogP contribution in [0.4, 0.5) is 0 Å². The first-order valence-corrected chi connectivity index (χ1v) is 6.38. The van der Waals surface area contributed by atoms with Gasteiger partial charge in [0.05, 0.1) is 13.2 Å². The van der Waals surface area contributed by atoms with E-state index in [1.165, 1.54) is 11.1 Å². The molecule has 0 bridgehead atoms. The molecule has 2 aliphatic rings. The van der Waals surface area contributed by atoms with Gasteiger partial charge in [-0.25, -0.2) is 0 Å². The van der Waals surface area contributed by atoms with Crippen LogP contribution in [0.25, 0.3) is 6.08 Å². The third kappa shape index (κ3) is 2.03. The molecule has 2 heteroatoms. The van der Waals surface area contributed by atoms with Gasteiger partial charge in [0.2, 0.25) is 0 Å². The molecular weight excluding hydrogens is 210 g/mol. The van der Waals surface area contributed by atoms with Crippen LogP contribution in [0, 0.1) is 17.8 Å². The summed E-state index contributed by atoms with van der Waals surface area (Å²) in [4.78, 5) is 0. The molecule has 0 amide bonds. The van der Waals surface area contributed by atoms with Crippen LogP contribution in [0.5, 0.6) is 0 Å². The van der Waals surface area contributed by atoms with Crippen molar-refractivity contribution in [2.75, 3.05) is 13.2 Å². The Morgan fingerprint density at radius 2 is 2.00 bits per heavy atom. The molecule has 1 saturated heterocycles. The lowest BCUT2D eigenvalue weighted by molar-refractivity contribution is 0.157. The summed E-state index contributed by atoms with van der Waals surface area (Å²) < 4.78 is 5.40. The topological polar surface area (TPSA) is 35.2 Å². The number of nitrogens with two attached hydrogens (primary N) is 1. The minimum Gasteiger partial charge on any atom is -0.381 e. The van der Waals surface area contributed by atoms with Crippen molar-refractivity contribution in [3.63, 3.8) is 0 Å². The Balaban J connectivity index is 1.74. The fourth-order valence-electron chi connectivity index (χ4n) is 2.86. The number of fused-ring (bicyclic) bond motifs is 1. The van der Waals surface area contributed by atoms with Crippen molar-refractivity contribution in [3.8, 4) is 0 Å². The van der Waals surface area contributed by atoms with Crippen LogP contribution in [0.3, 0.4) is 0 Å². The van der Waals surface area contributed by atoms with Gasteiger partial charge >= 0.3 is 0 Å². The van der Waals surface area contributed by atoms with Gasteiger partial charge in [-0.15, -0.1) is 0 Å². The summed E-state index contributed by atoms with van der Waals surface area (Å²) >= 11 is 0. The van der Waals surface area contributed by atoms with Gasteiger partial charge in [0.25, 0.3) is 0 Å². The predicted molar refractivity (Wildman–Crippen MR) is 69.4 cm³/mol. The number of allylic oxidation sites excluding steroid dienone is 1. The highest BCUT2D eigenvalue weighted by Crippen LogP contribution is 2.51. The summed E-state index contributed by atoms with van der Waals surface area (Å²) in [6.07, 6.45) is 4.58. The van der Waals surface area contributed by atoms with Crippen molar-refractivity contribution in [2.45, 2.75) is 13.0 Å². The van der Waals surface area contributed by atoms with E-state index in [1.54, 1.807) is 0 Å². The van der Waals surface area contributed by atoms with Gasteiger partial charge in [-0.1, -0.05) is 36.4 Å². The Hall–Kier alpha value is -1.12. The van der Waals surface area contributed by atoms with E-state index in [4.69, 9.17) is 10.5 Å². The largest absolute Gasteiger partial charge is 0.381 e. The lowest BCUT2D eigenvalue weighted by Gasteiger charge is -2.09. The van der Waals surface area contributed by atoms with Gasteiger partial charge in [0.15, 0.2) is 0 Å². The van der Waals surface area contributed by atoms with Gasteiger partial charge in [0.1, 0.15) is 0 Å². The molecule has 0 aromatic heterocycles. The summed E-state index contributed by atoms with van der Waals surface area (Å²) in [7, 11) is 0. The van der Waals surface area contributed by atoms with E-state index in [-0.39, 0.29) is 6.04 Å². The van der Waals surface area contributed by atoms with Crippen LogP contribution in [-0.2, 0) is 4.74 Å². The first-order valence-electron chi connectivity index (χ1n) is 6.38. The maximum Gasteiger partial charge on any atom is 0.0503 e. The molecule has 1 saturated carbocycles. The SMILES string of the molecule is C[C@H](N)c1ccccc1/C=C/C1[C@H]2COC[C@@H]12. The smallest absolute Gasteiger partial charge is 0.0503 e. The molecule has 2 N–H and O–H groups in total. The van der Waals surface area contributed by atoms with Gasteiger partial charge in [-0.3, -0.25) is 0 Å². The molecule has 0 radical (unpaired) electrons. The molecule has 90 valence electrons. The van der Waals surface area contributed by atoms with Gasteiger partial charge in [-0.05, 0) is 35.8 Å². The molecule has 0 spiro atoms. The first-order chi connectivity index (χ1) is 8.27. The molecule has 1 aromatic rings. The van der Waals surface area contributed by atoms with E-state index in [0.29, 0.717) is 0 Å². The highest BCUT2D eigenvalue weighted by atomic mass is 16.5. The highest BCUT2D eigenvalue weighted by Gasteiger charge is 2.52. The molecule has 17 heavy (non-hydrogen) atoms. The van der Waals surface area contributed by atoms with Crippen LogP contribution in [0.1, 0.15) is 24.1 Å². The third-order valence-electron chi connectivity index (χ3n) is 4.00. The molecule has 1 aliphatic heterocycles. The number of ether oxygens (including phenoxy) is 1. The van der Waals surface area contributed by atoms with E-state index in [9.17, 15) is 0 Å². The Bertz CT molecular complexity index is 428. The predicted octanol–water partition coefficient (Wildman–Crippen LogP) is 2.61. The Morgan fingerprint density at radius 3 is 2.71 bits per heavy atom. The second-order valence-corrected chi connectivity index (χ2v) is 5.22. The van der Waals surface area contributed by atoms with Crippen LogP contribution in [0.15, 0.2) is 30.3 Å². The molecule has 1 aromatic carbocycles. The molecule has 1 aliphatic carbocycles. The van der Waals surface area contributed by atoms with Crippen LogP contribution in [0.2, 0.25) is 0 Å². The van der Waals surface area contributed by atoms with Crippen molar-refractivity contribution >= 4 is 6.08 Å². The third-order valence-corrected chi connectivity index (χ3v) is 4.00. The average molecular weight is 229 g/mol. The number of rotatable bonds is 3. The van der Waals surface area contributed by atoms with E-state index in [1.807, 2.05) is 6.92 Å². The molecule has 1 unspecified atom stereocenters. The number of hydrogen-bond acceptors (Lipinski definition) is 2. The van der Waals surface area contributed by atoms with Crippen molar-refractivity contribution < 1.29 is 4.74 Å². The van der Waals surface area contributed by atoms with Crippen molar-refractivity contribution in [2.24, 2.45) is 23.5 Å². The molecule has 2 nitrogen and oxygen atoms in total. The summed E-state index contributed by atoms with van der Waals surface area (Å²) in [5, 5.41) is 0. The standard InChI is InChI=1S/C15H19NO/c1-10(16)12-5-3-2-4-11(12)6-7-13-14-8-17-9-15(13)14/h2-7,10,13-15H,8-9,16H2,1H3/b7-6+/t10-,13?,14-,15+/m0/s1. The normalized spacial score (nSPS) is 32.7. The Kier molecular flexibility index (Phi) is 2.77. The summed E-state index contributed by atoms with van der Waals surface area (Å²) in [5.74, 6) is 2.31. The highest BCUT2D eigenvalue weighted by molar-refractivity contribution is 5.55. The molecular formula is C15H19NO. The zero-order valence-electron chi connectivity index (χ0n) is 10.2. The van der Waals surface area contributed by atoms with E-state index >= 15 is 0 Å². The Labute approximate surface area is 102 Å². The second-order valence-electron chi connectivity index (χ2n) is 5.22. The molecule has 4 atom stereocenters. The van der Waals surface area contributed by atoms with E-state index < -0.39 is 0 Å². The fraction of sp³-hybridized carbons (Fsp3) is 0.467. The Morgan fingerprint density at radius 1 is 1.29 bits per heavy atom. The lowest BCUT2D eigenvalue weighted by Crippen LogP contribution is -2.06. The van der Waals surface area contributed by atoms with Crippen molar-refractivity contribution in [1.29, 1.82) is 0 Å². The van der Waals surface area contributed by atoms with Crippen LogP contribution >= 0.6 is 0 Å². The zero-order chi connectivity index (χ0) is 11.8. The zero-order valence-corrected chi connectivity index (χ0v) is 10.2. The van der Waals surface area contributed by atoms with Crippen molar-refractivity contribution in [1.82, 2.24) is 0 Å². The summed E-state index contributed by atoms with van der Waals surface area (Å²) in [6, 6.07) is 8.47.